The second-order valence-electron chi connectivity index (χ2n) is 8.50. The zero-order valence-electron chi connectivity index (χ0n) is 19.9. The lowest BCUT2D eigenvalue weighted by molar-refractivity contribution is -0.117. The van der Waals surface area contributed by atoms with Gasteiger partial charge in [0, 0.05) is 40.0 Å². The van der Waals surface area contributed by atoms with Gasteiger partial charge in [-0.3, -0.25) is 9.59 Å². The van der Waals surface area contributed by atoms with Gasteiger partial charge in [-0.15, -0.1) is 0 Å². The molecule has 0 aromatic heterocycles. The number of benzene rings is 2. The minimum Gasteiger partial charge on any atom is -0.351 e. The van der Waals surface area contributed by atoms with Gasteiger partial charge in [0.05, 0.1) is 0 Å². The van der Waals surface area contributed by atoms with Crippen molar-refractivity contribution in [2.24, 2.45) is 0 Å². The van der Waals surface area contributed by atoms with E-state index < -0.39 is 0 Å². The molecule has 2 N–H and O–H groups in total. The molecular weight excluding hydrogens is 490 g/mol. The molecule has 6 heteroatoms. The quantitative estimate of drug-likeness (QED) is 0.449. The Morgan fingerprint density at radius 3 is 2.59 bits per heavy atom. The van der Waals surface area contributed by atoms with E-state index in [0.717, 1.165) is 57.6 Å². The third-order valence-electron chi connectivity index (χ3n) is 6.56. The molecule has 1 heterocycles. The summed E-state index contributed by atoms with van der Waals surface area (Å²) in [5.74, 6) is -0.165. The number of anilines is 1. The molecule has 176 valence electrons. The summed E-state index contributed by atoms with van der Waals surface area (Å²) in [6.07, 6.45) is 4.55. The van der Waals surface area contributed by atoms with E-state index in [1.165, 1.54) is 0 Å². The predicted octanol–water partition coefficient (Wildman–Crippen LogP) is 5.56. The van der Waals surface area contributed by atoms with Gasteiger partial charge in [-0.1, -0.05) is 60.1 Å². The van der Waals surface area contributed by atoms with Crippen LogP contribution in [0.2, 0.25) is 0 Å². The number of carbonyl (C=O) groups is 2. The summed E-state index contributed by atoms with van der Waals surface area (Å²) in [6.45, 7) is 9.60. The number of nitrogens with one attached hydrogen (secondary N) is 2. The maximum atomic E-state index is 12.9. The number of amides is 2. The Balaban J connectivity index is 1.59. The second kappa shape index (κ2) is 10.5. The van der Waals surface area contributed by atoms with Crippen molar-refractivity contribution in [3.8, 4) is 11.1 Å². The fourth-order valence-corrected chi connectivity index (χ4v) is 4.78. The van der Waals surface area contributed by atoms with Crippen LogP contribution in [-0.2, 0) is 9.59 Å². The van der Waals surface area contributed by atoms with Gasteiger partial charge < -0.3 is 15.5 Å². The van der Waals surface area contributed by atoms with E-state index in [4.69, 9.17) is 0 Å². The first kappa shape index (κ1) is 24.2. The van der Waals surface area contributed by atoms with Crippen molar-refractivity contribution in [2.75, 3.05) is 31.5 Å². The smallest absolute Gasteiger partial charge is 0.256 e. The van der Waals surface area contributed by atoms with Gasteiger partial charge in [0.1, 0.15) is 0 Å². The van der Waals surface area contributed by atoms with Gasteiger partial charge in [0.25, 0.3) is 11.8 Å². The van der Waals surface area contributed by atoms with Crippen molar-refractivity contribution in [3.05, 3.63) is 81.4 Å². The molecule has 0 unspecified atom stereocenters. The van der Waals surface area contributed by atoms with Crippen LogP contribution >= 0.6 is 15.9 Å². The molecule has 2 amide bonds. The number of carbonyl (C=O) groups excluding carboxylic acids is 2. The number of hydrogen-bond donors (Lipinski definition) is 2. The molecule has 0 spiro atoms. The number of likely N-dealkylation sites (N-methyl/N-ethyl adjacent to an activating group) is 1. The maximum Gasteiger partial charge on any atom is 0.256 e. The van der Waals surface area contributed by atoms with Crippen LogP contribution in [0, 0.1) is 0 Å². The van der Waals surface area contributed by atoms with Crippen molar-refractivity contribution in [1.29, 1.82) is 0 Å². The van der Waals surface area contributed by atoms with E-state index in [2.05, 4.69) is 45.3 Å². The molecule has 1 aliphatic carbocycles. The first-order chi connectivity index (χ1) is 16.4. The van der Waals surface area contributed by atoms with Crippen LogP contribution in [0.5, 0.6) is 0 Å². The van der Waals surface area contributed by atoms with Crippen LogP contribution in [-0.4, -0.2) is 42.9 Å². The molecule has 1 aliphatic heterocycles. The zero-order chi connectivity index (χ0) is 24.2. The molecule has 0 radical (unpaired) electrons. The average Bonchev–Trinajstić information content (AvgIpc) is 3.36. The fourth-order valence-electron chi connectivity index (χ4n) is 4.52. The number of allylic oxidation sites excluding steroid dienone is 3. The third kappa shape index (κ3) is 4.93. The largest absolute Gasteiger partial charge is 0.351 e. The summed E-state index contributed by atoms with van der Waals surface area (Å²) in [6, 6.07) is 14.0. The van der Waals surface area contributed by atoms with Crippen molar-refractivity contribution >= 4 is 39.0 Å². The number of hydrogen-bond acceptors (Lipinski definition) is 3. The molecule has 0 atom stereocenters. The van der Waals surface area contributed by atoms with Crippen LogP contribution in [0.1, 0.15) is 32.8 Å². The Morgan fingerprint density at radius 2 is 1.88 bits per heavy atom. The maximum absolute atomic E-state index is 12.9. The Morgan fingerprint density at radius 1 is 1.15 bits per heavy atom. The van der Waals surface area contributed by atoms with Crippen LogP contribution in [0.15, 0.2) is 75.8 Å². The number of rotatable bonds is 8. The molecule has 0 saturated heterocycles. The summed E-state index contributed by atoms with van der Waals surface area (Å²) in [7, 11) is 0. The summed E-state index contributed by atoms with van der Waals surface area (Å²) in [5, 5.41) is 6.04. The molecule has 2 aliphatic rings. The van der Waals surface area contributed by atoms with Gasteiger partial charge >= 0.3 is 0 Å². The fraction of sp³-hybridized carbons (Fsp3) is 0.286. The minimum atomic E-state index is -0.114. The topological polar surface area (TPSA) is 61.4 Å². The molecule has 0 fully saturated rings. The highest BCUT2D eigenvalue weighted by Crippen LogP contribution is 2.41. The first-order valence-electron chi connectivity index (χ1n) is 11.8. The molecule has 2 aromatic rings. The van der Waals surface area contributed by atoms with Crippen molar-refractivity contribution in [1.82, 2.24) is 10.2 Å². The average molecular weight is 520 g/mol. The van der Waals surface area contributed by atoms with Crippen LogP contribution in [0.25, 0.3) is 16.7 Å². The van der Waals surface area contributed by atoms with Crippen LogP contribution in [0.4, 0.5) is 5.69 Å². The van der Waals surface area contributed by atoms with Crippen molar-refractivity contribution in [2.45, 2.75) is 27.2 Å². The third-order valence-corrected chi connectivity index (χ3v) is 7.09. The Kier molecular flexibility index (Phi) is 7.49. The van der Waals surface area contributed by atoms with E-state index in [1.807, 2.05) is 61.5 Å². The molecule has 2 aromatic carbocycles. The van der Waals surface area contributed by atoms with Gasteiger partial charge in [-0.2, -0.15) is 0 Å². The molecule has 0 bridgehead atoms. The second-order valence-corrected chi connectivity index (χ2v) is 9.42. The zero-order valence-corrected chi connectivity index (χ0v) is 21.5. The van der Waals surface area contributed by atoms with E-state index in [1.54, 1.807) is 0 Å². The lowest BCUT2D eigenvalue weighted by Crippen LogP contribution is -2.35. The highest BCUT2D eigenvalue weighted by Gasteiger charge is 2.28. The standard InChI is InChI=1S/C28H30BrN3O2/c1-4-32(5-2)16-15-30-27(33)22-14-11-20(18(22)3)17-24-26-23(19-9-12-21(29)13-10-19)7-6-8-25(26)31-28(24)34/h6-10,12-14,17H,4-5,11,15-16H2,1-3H3,(H,30,33)(H,31,34). The lowest BCUT2D eigenvalue weighted by atomic mass is 9.93. The molecule has 0 saturated carbocycles. The first-order valence-corrected chi connectivity index (χ1v) is 12.5. The number of fused-ring (bicyclic) bond motifs is 1. The summed E-state index contributed by atoms with van der Waals surface area (Å²) < 4.78 is 1.01. The van der Waals surface area contributed by atoms with Crippen LogP contribution in [0.3, 0.4) is 0 Å². The molecule has 5 nitrogen and oxygen atoms in total. The molecule has 34 heavy (non-hydrogen) atoms. The van der Waals surface area contributed by atoms with Gasteiger partial charge in [-0.25, -0.2) is 0 Å². The number of halogens is 1. The summed E-state index contributed by atoms with van der Waals surface area (Å²) in [4.78, 5) is 28.0. The summed E-state index contributed by atoms with van der Waals surface area (Å²) in [5.41, 5.74) is 7.04. The summed E-state index contributed by atoms with van der Waals surface area (Å²) >= 11 is 3.49. The SMILES string of the molecule is CCN(CC)CCNC(=O)C1=CCC(C=C2C(=O)Nc3cccc(-c4ccc(Br)cc4)c32)=C1C. The normalized spacial score (nSPS) is 16.2. The monoisotopic (exact) mass is 519 g/mol. The van der Waals surface area contributed by atoms with E-state index in [9.17, 15) is 9.59 Å². The van der Waals surface area contributed by atoms with Gasteiger partial charge in [0.15, 0.2) is 0 Å². The highest BCUT2D eigenvalue weighted by molar-refractivity contribution is 9.10. The lowest BCUT2D eigenvalue weighted by Gasteiger charge is -2.18. The van der Waals surface area contributed by atoms with Gasteiger partial charge in [-0.05, 0) is 73.0 Å². The molecular formula is C28H30BrN3O2. The van der Waals surface area contributed by atoms with E-state index >= 15 is 0 Å². The predicted molar refractivity (Wildman–Crippen MR) is 142 cm³/mol. The van der Waals surface area contributed by atoms with E-state index in [-0.39, 0.29) is 11.8 Å². The van der Waals surface area contributed by atoms with Crippen molar-refractivity contribution in [3.63, 3.8) is 0 Å². The van der Waals surface area contributed by atoms with Crippen molar-refractivity contribution < 1.29 is 9.59 Å². The van der Waals surface area contributed by atoms with Crippen LogP contribution < -0.4 is 10.6 Å². The minimum absolute atomic E-state index is 0.0510. The highest BCUT2D eigenvalue weighted by atomic mass is 79.9. The van der Waals surface area contributed by atoms with E-state index in [0.29, 0.717) is 24.1 Å². The Hall–Kier alpha value is -2.96. The molecule has 4 rings (SSSR count). The number of nitrogens with zero attached hydrogens (tertiary/aromatic N) is 1. The Bertz CT molecular complexity index is 1200. The van der Waals surface area contributed by atoms with Gasteiger partial charge in [0.2, 0.25) is 0 Å². The Labute approximate surface area is 209 Å².